The molecule has 36 heavy (non-hydrogen) atoms. The highest BCUT2D eigenvalue weighted by Crippen LogP contribution is 2.14. The van der Waals surface area contributed by atoms with Crippen molar-refractivity contribution in [1.29, 1.82) is 0 Å². The van der Waals surface area contributed by atoms with Gasteiger partial charge in [0, 0.05) is 0 Å². The molecule has 0 unspecified atom stereocenters. The van der Waals surface area contributed by atoms with Gasteiger partial charge in [-0.2, -0.15) is 0 Å². The van der Waals surface area contributed by atoms with E-state index in [1.807, 2.05) is 37.3 Å². The van der Waals surface area contributed by atoms with Gasteiger partial charge in [0.15, 0.2) is 0 Å². The van der Waals surface area contributed by atoms with E-state index in [1.54, 1.807) is 65.4 Å². The van der Waals surface area contributed by atoms with Gasteiger partial charge in [0.1, 0.15) is 5.76 Å². The van der Waals surface area contributed by atoms with Gasteiger partial charge in [-0.05, 0) is 54.4 Å². The number of aryl methyl sites for hydroxylation is 1. The maximum atomic E-state index is 13.6. The van der Waals surface area contributed by atoms with Gasteiger partial charge < -0.3 is 9.73 Å². The van der Waals surface area contributed by atoms with Crippen molar-refractivity contribution in [1.82, 2.24) is 14.5 Å². The van der Waals surface area contributed by atoms with Gasteiger partial charge in [0.25, 0.3) is 5.56 Å². The molecule has 0 saturated carbocycles. The summed E-state index contributed by atoms with van der Waals surface area (Å²) in [5, 5.41) is 3.28. The summed E-state index contributed by atoms with van der Waals surface area (Å²) < 4.78 is 8.05. The first-order valence-corrected chi connectivity index (χ1v) is 11.7. The Balaban J connectivity index is 1.46. The quantitative estimate of drug-likeness (QED) is 0.383. The molecule has 0 atom stereocenters. The largest absolute Gasteiger partial charge is 0.467 e. The molecule has 0 spiro atoms. The fourth-order valence-electron chi connectivity index (χ4n) is 4.30. The van der Waals surface area contributed by atoms with Gasteiger partial charge in [-0.1, -0.05) is 54.1 Å². The van der Waals surface area contributed by atoms with Gasteiger partial charge in [0.05, 0.1) is 42.4 Å². The molecule has 0 aliphatic rings. The van der Waals surface area contributed by atoms with Crippen LogP contribution < -0.4 is 16.6 Å². The number of benzene rings is 3. The van der Waals surface area contributed by atoms with Crippen molar-refractivity contribution in [2.24, 2.45) is 0 Å². The fraction of sp³-hybridized carbons (Fsp3) is 0.138. The maximum Gasteiger partial charge on any atom is 0.336 e. The lowest BCUT2D eigenvalue weighted by Gasteiger charge is -2.15. The van der Waals surface area contributed by atoms with Crippen LogP contribution in [-0.4, -0.2) is 15.0 Å². The summed E-state index contributed by atoms with van der Waals surface area (Å²) in [6.07, 6.45) is 1.73. The molecule has 0 radical (unpaired) electrons. The van der Waals surface area contributed by atoms with Crippen molar-refractivity contribution in [3.8, 4) is 5.69 Å². The Kier molecular flexibility index (Phi) is 6.36. The Morgan fingerprint density at radius 2 is 1.69 bits per heavy atom. The van der Waals surface area contributed by atoms with Gasteiger partial charge in [-0.15, -0.1) is 0 Å². The van der Waals surface area contributed by atoms with E-state index in [2.05, 4.69) is 5.32 Å². The molecule has 180 valence electrons. The predicted octanol–water partition coefficient (Wildman–Crippen LogP) is 3.96. The number of fused-ring (bicyclic) bond motifs is 1. The second-order valence-corrected chi connectivity index (χ2v) is 8.71. The number of hydrogen-bond donors (Lipinski definition) is 1. The van der Waals surface area contributed by atoms with Crippen LogP contribution in [0.1, 0.15) is 22.5 Å². The monoisotopic (exact) mass is 479 g/mol. The highest BCUT2D eigenvalue weighted by molar-refractivity contribution is 5.79. The van der Waals surface area contributed by atoms with Gasteiger partial charge >= 0.3 is 5.69 Å². The Bertz CT molecular complexity index is 1650. The summed E-state index contributed by atoms with van der Waals surface area (Å²) in [5.74, 6) is 0.527. The Hall–Kier alpha value is -4.65. The molecule has 1 amide bonds. The van der Waals surface area contributed by atoms with E-state index in [0.29, 0.717) is 35.4 Å². The van der Waals surface area contributed by atoms with E-state index in [1.165, 1.54) is 4.57 Å². The van der Waals surface area contributed by atoms with E-state index < -0.39 is 5.69 Å². The molecular weight excluding hydrogens is 454 g/mol. The molecule has 7 nitrogen and oxygen atoms in total. The summed E-state index contributed by atoms with van der Waals surface area (Å²) in [6.45, 7) is 2.66. The summed E-state index contributed by atoms with van der Waals surface area (Å²) in [6, 6.07) is 25.6. The summed E-state index contributed by atoms with van der Waals surface area (Å²) in [7, 11) is 0. The minimum Gasteiger partial charge on any atom is -0.467 e. The molecule has 0 saturated heterocycles. The predicted molar refractivity (Wildman–Crippen MR) is 138 cm³/mol. The molecule has 5 aromatic rings. The molecule has 0 fully saturated rings. The number of nitrogens with zero attached hydrogens (tertiary/aromatic N) is 2. The SMILES string of the molecule is Cc1cccc(Cn2c(=O)n(-c3ccc(CC(=O)NCc4ccco4)cc3)c(=O)c3ccccc32)c1. The normalized spacial score (nSPS) is 11.0. The van der Waals surface area contributed by atoms with Crippen LogP contribution >= 0.6 is 0 Å². The van der Waals surface area contributed by atoms with Crippen molar-refractivity contribution >= 4 is 16.8 Å². The lowest BCUT2D eigenvalue weighted by atomic mass is 10.1. The molecule has 7 heteroatoms. The second kappa shape index (κ2) is 9.92. The van der Waals surface area contributed by atoms with E-state index in [0.717, 1.165) is 16.7 Å². The van der Waals surface area contributed by atoms with Crippen LogP contribution in [0.25, 0.3) is 16.6 Å². The number of furan rings is 1. The molecule has 0 aliphatic carbocycles. The molecule has 1 N–H and O–H groups in total. The first-order chi connectivity index (χ1) is 17.5. The van der Waals surface area contributed by atoms with Crippen LogP contribution in [0.2, 0.25) is 0 Å². The smallest absolute Gasteiger partial charge is 0.336 e. The van der Waals surface area contributed by atoms with Crippen molar-refractivity contribution in [3.05, 3.63) is 134 Å². The minimum atomic E-state index is -0.413. The van der Waals surface area contributed by atoms with Crippen LogP contribution in [0.3, 0.4) is 0 Å². The highest BCUT2D eigenvalue weighted by Gasteiger charge is 2.15. The average molecular weight is 480 g/mol. The standard InChI is InChI=1S/C29H25N3O4/c1-20-6-4-7-22(16-20)19-31-26-10-3-2-9-25(26)28(34)32(29(31)35)23-13-11-21(12-14-23)17-27(33)30-18-24-8-5-15-36-24/h2-16H,17-19H2,1H3,(H,30,33). The van der Waals surface area contributed by atoms with Gasteiger partial charge in [0.2, 0.25) is 5.91 Å². The van der Waals surface area contributed by atoms with Crippen LogP contribution in [0.15, 0.2) is 105 Å². The Morgan fingerprint density at radius 3 is 2.44 bits per heavy atom. The van der Waals surface area contributed by atoms with Crippen molar-refractivity contribution in [3.63, 3.8) is 0 Å². The summed E-state index contributed by atoms with van der Waals surface area (Å²) in [4.78, 5) is 39.3. The molecule has 2 aromatic heterocycles. The zero-order chi connectivity index (χ0) is 25.1. The number of nitrogens with one attached hydrogen (secondary N) is 1. The van der Waals surface area contributed by atoms with Gasteiger partial charge in [-0.3, -0.25) is 14.2 Å². The number of para-hydroxylation sites is 1. The molecule has 0 aliphatic heterocycles. The number of amides is 1. The molecule has 3 aromatic carbocycles. The summed E-state index contributed by atoms with van der Waals surface area (Å²) >= 11 is 0. The van der Waals surface area contributed by atoms with Crippen molar-refractivity contribution in [2.45, 2.75) is 26.4 Å². The van der Waals surface area contributed by atoms with E-state index in [-0.39, 0.29) is 17.9 Å². The lowest BCUT2D eigenvalue weighted by Crippen LogP contribution is -2.39. The molecule has 2 heterocycles. The number of carbonyl (C=O) groups is 1. The number of rotatable bonds is 7. The van der Waals surface area contributed by atoms with Crippen LogP contribution in [0, 0.1) is 6.92 Å². The minimum absolute atomic E-state index is 0.150. The third-order valence-electron chi connectivity index (χ3n) is 6.07. The highest BCUT2D eigenvalue weighted by atomic mass is 16.3. The topological polar surface area (TPSA) is 86.2 Å². The maximum absolute atomic E-state index is 13.6. The third-order valence-corrected chi connectivity index (χ3v) is 6.07. The molecular formula is C29H25N3O4. The molecule has 0 bridgehead atoms. The number of hydrogen-bond acceptors (Lipinski definition) is 4. The Labute approximate surface area is 207 Å². The zero-order valence-corrected chi connectivity index (χ0v) is 19.8. The first kappa shape index (κ1) is 23.1. The molecule has 5 rings (SSSR count). The average Bonchev–Trinajstić information content (AvgIpc) is 3.40. The van der Waals surface area contributed by atoms with Gasteiger partial charge in [-0.25, -0.2) is 9.36 Å². The number of aromatic nitrogens is 2. The van der Waals surface area contributed by atoms with E-state index >= 15 is 0 Å². The van der Waals surface area contributed by atoms with Crippen LogP contribution in [0.4, 0.5) is 0 Å². The Morgan fingerprint density at radius 1 is 0.889 bits per heavy atom. The van der Waals surface area contributed by atoms with Crippen molar-refractivity contribution < 1.29 is 9.21 Å². The van der Waals surface area contributed by atoms with E-state index in [4.69, 9.17) is 4.42 Å². The van der Waals surface area contributed by atoms with Crippen molar-refractivity contribution in [2.75, 3.05) is 0 Å². The third kappa shape index (κ3) is 4.77. The zero-order valence-electron chi connectivity index (χ0n) is 19.8. The summed E-state index contributed by atoms with van der Waals surface area (Å²) in [5.41, 5.74) is 3.10. The van der Waals surface area contributed by atoms with Crippen LogP contribution in [-0.2, 0) is 24.3 Å². The number of carbonyl (C=O) groups excluding carboxylic acids is 1. The van der Waals surface area contributed by atoms with E-state index in [9.17, 15) is 14.4 Å². The fourth-order valence-corrected chi connectivity index (χ4v) is 4.30. The first-order valence-electron chi connectivity index (χ1n) is 11.7. The van der Waals surface area contributed by atoms with Crippen LogP contribution in [0.5, 0.6) is 0 Å². The lowest BCUT2D eigenvalue weighted by molar-refractivity contribution is -0.120. The second-order valence-electron chi connectivity index (χ2n) is 8.71.